The van der Waals surface area contributed by atoms with Gasteiger partial charge >= 0.3 is 0 Å². The predicted octanol–water partition coefficient (Wildman–Crippen LogP) is 3.72. The first kappa shape index (κ1) is 13.8. The molecular weight excluding hydrogens is 242 g/mol. The van der Waals surface area contributed by atoms with E-state index in [1.165, 1.54) is 31.2 Å². The second kappa shape index (κ2) is 6.48. The van der Waals surface area contributed by atoms with Crippen LogP contribution in [0.3, 0.4) is 0 Å². The third-order valence-electron chi connectivity index (χ3n) is 3.84. The van der Waals surface area contributed by atoms with Gasteiger partial charge in [0.15, 0.2) is 0 Å². The number of rotatable bonds is 4. The third kappa shape index (κ3) is 3.66. The van der Waals surface area contributed by atoms with Crippen LogP contribution in [0.2, 0.25) is 0 Å². The zero-order valence-electron chi connectivity index (χ0n) is 11.2. The van der Waals surface area contributed by atoms with Crippen LogP contribution >= 0.6 is 11.8 Å². The molecule has 0 radical (unpaired) electrons. The Labute approximate surface area is 114 Å². The number of phenolic OH excluding ortho intramolecular Hbond substituents is 1. The van der Waals surface area contributed by atoms with Gasteiger partial charge in [-0.1, -0.05) is 18.6 Å². The summed E-state index contributed by atoms with van der Waals surface area (Å²) < 4.78 is 0. The summed E-state index contributed by atoms with van der Waals surface area (Å²) in [6.07, 6.45) is 7.50. The van der Waals surface area contributed by atoms with Crippen molar-refractivity contribution in [1.82, 2.24) is 5.32 Å². The zero-order chi connectivity index (χ0) is 13.0. The Kier molecular flexibility index (Phi) is 4.95. The fraction of sp³-hybridized carbons (Fsp3) is 0.600. The first-order valence-electron chi connectivity index (χ1n) is 6.77. The van der Waals surface area contributed by atoms with Gasteiger partial charge in [-0.05, 0) is 50.1 Å². The minimum Gasteiger partial charge on any atom is -0.508 e. The van der Waals surface area contributed by atoms with Crippen molar-refractivity contribution in [2.75, 3.05) is 6.26 Å². The summed E-state index contributed by atoms with van der Waals surface area (Å²) >= 11 is 2.00. The average molecular weight is 265 g/mol. The molecule has 0 aromatic heterocycles. The molecule has 0 aliphatic heterocycles. The average Bonchev–Trinajstić information content (AvgIpc) is 2.39. The van der Waals surface area contributed by atoms with Crippen LogP contribution in [0, 0.1) is 0 Å². The standard InChI is InChI=1S/C15H23NOS/c1-11(12-6-8-14(17)9-7-12)16-13-4-3-5-15(10-13)18-2/h6-9,11,13,15-17H,3-5,10H2,1-2H3. The molecule has 1 aromatic rings. The largest absolute Gasteiger partial charge is 0.508 e. The van der Waals surface area contributed by atoms with Crippen LogP contribution in [-0.2, 0) is 0 Å². The van der Waals surface area contributed by atoms with Gasteiger partial charge in [0.25, 0.3) is 0 Å². The van der Waals surface area contributed by atoms with E-state index in [1.807, 2.05) is 23.9 Å². The molecule has 1 saturated carbocycles. The van der Waals surface area contributed by atoms with Crippen LogP contribution in [-0.4, -0.2) is 22.7 Å². The maximum absolute atomic E-state index is 9.30. The fourth-order valence-corrected chi connectivity index (χ4v) is 3.55. The molecule has 0 spiro atoms. The second-order valence-electron chi connectivity index (χ2n) is 5.20. The van der Waals surface area contributed by atoms with Crippen LogP contribution in [0.15, 0.2) is 24.3 Å². The monoisotopic (exact) mass is 265 g/mol. The highest BCUT2D eigenvalue weighted by atomic mass is 32.2. The molecule has 0 bridgehead atoms. The quantitative estimate of drug-likeness (QED) is 0.870. The summed E-state index contributed by atoms with van der Waals surface area (Å²) in [5, 5.41) is 13.8. The highest BCUT2D eigenvalue weighted by molar-refractivity contribution is 7.99. The van der Waals surface area contributed by atoms with Gasteiger partial charge in [-0.25, -0.2) is 0 Å². The van der Waals surface area contributed by atoms with Crippen molar-refractivity contribution in [3.05, 3.63) is 29.8 Å². The lowest BCUT2D eigenvalue weighted by Crippen LogP contribution is -2.36. The summed E-state index contributed by atoms with van der Waals surface area (Å²) in [7, 11) is 0. The molecule has 2 N–H and O–H groups in total. The van der Waals surface area contributed by atoms with Crippen LogP contribution in [0.1, 0.15) is 44.2 Å². The maximum Gasteiger partial charge on any atom is 0.115 e. The summed E-state index contributed by atoms with van der Waals surface area (Å²) in [6, 6.07) is 8.53. The molecule has 18 heavy (non-hydrogen) atoms. The normalized spacial score (nSPS) is 25.9. The smallest absolute Gasteiger partial charge is 0.115 e. The van der Waals surface area contributed by atoms with Crippen LogP contribution < -0.4 is 5.32 Å². The van der Waals surface area contributed by atoms with Gasteiger partial charge in [0.2, 0.25) is 0 Å². The zero-order valence-corrected chi connectivity index (χ0v) is 12.0. The molecule has 3 unspecified atom stereocenters. The lowest BCUT2D eigenvalue weighted by atomic mass is 9.93. The van der Waals surface area contributed by atoms with Crippen molar-refractivity contribution < 1.29 is 5.11 Å². The Morgan fingerprint density at radius 1 is 1.28 bits per heavy atom. The molecular formula is C15H23NOS. The Morgan fingerprint density at radius 2 is 2.00 bits per heavy atom. The SMILES string of the molecule is CSC1CCCC(NC(C)c2ccc(O)cc2)C1. The molecule has 0 saturated heterocycles. The van der Waals surface area contributed by atoms with Crippen molar-refractivity contribution in [2.24, 2.45) is 0 Å². The van der Waals surface area contributed by atoms with E-state index < -0.39 is 0 Å². The highest BCUT2D eigenvalue weighted by Crippen LogP contribution is 2.28. The van der Waals surface area contributed by atoms with Crippen molar-refractivity contribution in [1.29, 1.82) is 0 Å². The van der Waals surface area contributed by atoms with Gasteiger partial charge in [-0.2, -0.15) is 11.8 Å². The molecule has 1 aromatic carbocycles. The van der Waals surface area contributed by atoms with E-state index in [0.717, 1.165) is 5.25 Å². The molecule has 1 aliphatic carbocycles. The van der Waals surface area contributed by atoms with Crippen molar-refractivity contribution in [3.63, 3.8) is 0 Å². The van der Waals surface area contributed by atoms with E-state index in [4.69, 9.17) is 0 Å². The predicted molar refractivity (Wildman–Crippen MR) is 79.2 cm³/mol. The highest BCUT2D eigenvalue weighted by Gasteiger charge is 2.22. The van der Waals surface area contributed by atoms with Gasteiger partial charge in [0, 0.05) is 17.3 Å². The Bertz CT molecular complexity index is 365. The van der Waals surface area contributed by atoms with E-state index >= 15 is 0 Å². The van der Waals surface area contributed by atoms with Crippen LogP contribution in [0.5, 0.6) is 5.75 Å². The number of hydrogen-bond acceptors (Lipinski definition) is 3. The van der Waals surface area contributed by atoms with E-state index in [2.05, 4.69) is 18.5 Å². The first-order valence-corrected chi connectivity index (χ1v) is 8.05. The molecule has 1 aliphatic rings. The number of hydrogen-bond donors (Lipinski definition) is 2. The minimum atomic E-state index is 0.339. The fourth-order valence-electron chi connectivity index (χ4n) is 2.72. The molecule has 3 heteroatoms. The maximum atomic E-state index is 9.30. The molecule has 2 nitrogen and oxygen atoms in total. The first-order chi connectivity index (χ1) is 8.69. The summed E-state index contributed by atoms with van der Waals surface area (Å²) in [5.41, 5.74) is 1.25. The Morgan fingerprint density at radius 3 is 2.67 bits per heavy atom. The van der Waals surface area contributed by atoms with E-state index in [-0.39, 0.29) is 0 Å². The number of benzene rings is 1. The molecule has 1 fully saturated rings. The molecule has 2 rings (SSSR count). The number of thioether (sulfide) groups is 1. The Balaban J connectivity index is 1.90. The lowest BCUT2D eigenvalue weighted by molar-refractivity contribution is 0.353. The van der Waals surface area contributed by atoms with Crippen LogP contribution in [0.4, 0.5) is 0 Å². The van der Waals surface area contributed by atoms with E-state index in [9.17, 15) is 5.11 Å². The van der Waals surface area contributed by atoms with Crippen molar-refractivity contribution >= 4 is 11.8 Å². The van der Waals surface area contributed by atoms with Gasteiger partial charge in [0.05, 0.1) is 0 Å². The topological polar surface area (TPSA) is 32.3 Å². The van der Waals surface area contributed by atoms with Gasteiger partial charge in [0.1, 0.15) is 5.75 Å². The van der Waals surface area contributed by atoms with E-state index in [0.29, 0.717) is 17.8 Å². The molecule has 0 heterocycles. The van der Waals surface area contributed by atoms with E-state index in [1.54, 1.807) is 12.1 Å². The summed E-state index contributed by atoms with van der Waals surface area (Å²) in [5.74, 6) is 0.339. The van der Waals surface area contributed by atoms with Gasteiger partial charge < -0.3 is 10.4 Å². The van der Waals surface area contributed by atoms with Gasteiger partial charge in [-0.15, -0.1) is 0 Å². The third-order valence-corrected chi connectivity index (χ3v) is 4.93. The minimum absolute atomic E-state index is 0.339. The molecule has 0 amide bonds. The Hall–Kier alpha value is -0.670. The van der Waals surface area contributed by atoms with Crippen molar-refractivity contribution in [2.45, 2.75) is 49.9 Å². The number of phenols is 1. The molecule has 100 valence electrons. The summed E-state index contributed by atoms with van der Waals surface area (Å²) in [4.78, 5) is 0. The second-order valence-corrected chi connectivity index (χ2v) is 6.34. The lowest BCUT2D eigenvalue weighted by Gasteiger charge is -2.31. The van der Waals surface area contributed by atoms with Crippen LogP contribution in [0.25, 0.3) is 0 Å². The number of nitrogens with one attached hydrogen (secondary N) is 1. The van der Waals surface area contributed by atoms with Gasteiger partial charge in [-0.3, -0.25) is 0 Å². The number of aromatic hydroxyl groups is 1. The van der Waals surface area contributed by atoms with Crippen molar-refractivity contribution in [3.8, 4) is 5.75 Å². The molecule has 3 atom stereocenters. The summed E-state index contributed by atoms with van der Waals surface area (Å²) in [6.45, 7) is 2.20.